The van der Waals surface area contributed by atoms with Gasteiger partial charge in [0, 0.05) is 27.8 Å². The van der Waals surface area contributed by atoms with Crippen molar-refractivity contribution < 1.29 is 0 Å². The third-order valence-corrected chi connectivity index (χ3v) is 14.8. The summed E-state index contributed by atoms with van der Waals surface area (Å²) in [5, 5.41) is 2.57. The van der Waals surface area contributed by atoms with Crippen LogP contribution in [-0.4, -0.2) is 4.57 Å². The first-order chi connectivity index (χ1) is 34.2. The molecule has 0 amide bonds. The van der Waals surface area contributed by atoms with E-state index in [9.17, 15) is 0 Å². The first kappa shape index (κ1) is 39.2. The number of aromatic nitrogens is 1. The van der Waals surface area contributed by atoms with Crippen molar-refractivity contribution in [2.24, 2.45) is 0 Å². The van der Waals surface area contributed by atoms with Crippen LogP contribution >= 0.6 is 0 Å². The fourth-order valence-corrected chi connectivity index (χ4v) is 11.9. The normalized spacial score (nSPS) is 14.1. The maximum Gasteiger partial charge on any atom is 0.0754 e. The van der Waals surface area contributed by atoms with Crippen molar-refractivity contribution in [3.05, 3.63) is 289 Å². The Morgan fingerprint density at radius 2 is 0.739 bits per heavy atom. The number of fused-ring (bicyclic) bond motifs is 12. The molecule has 1 spiro atoms. The molecule has 14 rings (SSSR count). The van der Waals surface area contributed by atoms with Crippen molar-refractivity contribution in [1.29, 1.82) is 0 Å². The van der Waals surface area contributed by atoms with Crippen LogP contribution in [0.1, 0.15) is 22.3 Å². The predicted molar refractivity (Wildman–Crippen MR) is 288 cm³/mol. The second-order valence-electron chi connectivity index (χ2n) is 18.4. The molecule has 2 nitrogen and oxygen atoms in total. The van der Waals surface area contributed by atoms with Gasteiger partial charge in [-0.3, -0.25) is 0 Å². The quantitative estimate of drug-likeness (QED) is 0.155. The fraction of sp³-hybridized carbons (Fsp3) is 0.0149. The summed E-state index contributed by atoms with van der Waals surface area (Å²) in [6.45, 7) is 0. The molecule has 0 bridgehead atoms. The van der Waals surface area contributed by atoms with E-state index >= 15 is 0 Å². The number of nitrogens with zero attached hydrogens (tertiary/aromatic N) is 2. The predicted octanol–water partition coefficient (Wildman–Crippen LogP) is 17.6. The second kappa shape index (κ2) is 15.6. The lowest BCUT2D eigenvalue weighted by Gasteiger charge is -2.39. The van der Waals surface area contributed by atoms with E-state index in [1.54, 1.807) is 0 Å². The maximum absolute atomic E-state index is 2.52. The highest BCUT2D eigenvalue weighted by atomic mass is 15.1. The summed E-state index contributed by atoms with van der Waals surface area (Å²) >= 11 is 0. The molecule has 69 heavy (non-hydrogen) atoms. The lowest BCUT2D eigenvalue weighted by molar-refractivity contribution is 0.748. The minimum atomic E-state index is -0.524. The van der Waals surface area contributed by atoms with Gasteiger partial charge in [0.15, 0.2) is 0 Å². The van der Waals surface area contributed by atoms with Crippen molar-refractivity contribution in [2.75, 3.05) is 4.90 Å². The summed E-state index contributed by atoms with van der Waals surface area (Å²) in [7, 11) is 0. The molecule has 12 aromatic rings. The van der Waals surface area contributed by atoms with Gasteiger partial charge in [0.1, 0.15) is 0 Å². The fourth-order valence-electron chi connectivity index (χ4n) is 11.9. The zero-order valence-corrected chi connectivity index (χ0v) is 37.8. The topological polar surface area (TPSA) is 8.17 Å². The highest BCUT2D eigenvalue weighted by molar-refractivity contribution is 6.13. The maximum atomic E-state index is 2.52. The Kier molecular flexibility index (Phi) is 8.84. The van der Waals surface area contributed by atoms with Crippen LogP contribution in [-0.2, 0) is 5.41 Å². The van der Waals surface area contributed by atoms with Crippen LogP contribution in [0.3, 0.4) is 0 Å². The molecular formula is C67H44N2. The molecule has 2 aliphatic rings. The zero-order valence-electron chi connectivity index (χ0n) is 37.8. The third kappa shape index (κ3) is 5.92. The van der Waals surface area contributed by atoms with Crippen molar-refractivity contribution in [1.82, 2.24) is 4.57 Å². The summed E-state index contributed by atoms with van der Waals surface area (Å²) in [6, 6.07) is 98.5. The van der Waals surface area contributed by atoms with Crippen LogP contribution in [0.2, 0.25) is 0 Å². The Morgan fingerprint density at radius 1 is 0.290 bits per heavy atom. The van der Waals surface area contributed by atoms with Crippen LogP contribution in [0.4, 0.5) is 17.1 Å². The van der Waals surface area contributed by atoms with Crippen LogP contribution in [0.5, 0.6) is 0 Å². The lowest BCUT2D eigenvalue weighted by Crippen LogP contribution is -2.33. The van der Waals surface area contributed by atoms with Gasteiger partial charge in [0.05, 0.1) is 22.1 Å². The minimum absolute atomic E-state index is 0.524. The van der Waals surface area contributed by atoms with E-state index < -0.39 is 5.41 Å². The highest BCUT2D eigenvalue weighted by Gasteiger charge is 2.51. The van der Waals surface area contributed by atoms with Crippen molar-refractivity contribution in [3.63, 3.8) is 0 Å². The van der Waals surface area contributed by atoms with E-state index in [2.05, 4.69) is 276 Å². The summed E-state index contributed by atoms with van der Waals surface area (Å²) in [6.07, 6.45) is 0. The van der Waals surface area contributed by atoms with Gasteiger partial charge in [0.2, 0.25) is 0 Å². The summed E-state index contributed by atoms with van der Waals surface area (Å²) in [5.41, 5.74) is 23.9. The first-order valence-electron chi connectivity index (χ1n) is 23.9. The molecule has 0 radical (unpaired) electrons. The van der Waals surface area contributed by atoms with E-state index in [1.807, 2.05) is 0 Å². The number of hydrogen-bond donors (Lipinski definition) is 0. The number of anilines is 3. The van der Waals surface area contributed by atoms with E-state index in [0.29, 0.717) is 0 Å². The Hall–Kier alpha value is -8.98. The Labute approximate surface area is 402 Å². The van der Waals surface area contributed by atoms with Crippen LogP contribution in [0.15, 0.2) is 267 Å². The molecule has 0 saturated carbocycles. The van der Waals surface area contributed by atoms with Gasteiger partial charge >= 0.3 is 0 Å². The molecule has 0 saturated heterocycles. The SMILES string of the molecule is c1ccc(-c2ccc(-c3cccc(N(c4cccc(-c5ccccc5)c4)c4cccc(-c5cccc6c5-c5ccccc5C65c6ccccc6-n6c7ccccc7c7cccc5c76)c4)c3)cc2)cc1. The van der Waals surface area contributed by atoms with Crippen molar-refractivity contribution in [2.45, 2.75) is 5.41 Å². The minimum Gasteiger partial charge on any atom is -0.310 e. The molecule has 2 heteroatoms. The molecule has 322 valence electrons. The van der Waals surface area contributed by atoms with E-state index in [4.69, 9.17) is 0 Å². The molecule has 1 aliphatic carbocycles. The van der Waals surface area contributed by atoms with Gasteiger partial charge in [0.25, 0.3) is 0 Å². The smallest absolute Gasteiger partial charge is 0.0754 e. The zero-order chi connectivity index (χ0) is 45.5. The van der Waals surface area contributed by atoms with E-state index in [0.717, 1.165) is 22.6 Å². The van der Waals surface area contributed by atoms with Gasteiger partial charge in [-0.2, -0.15) is 0 Å². The van der Waals surface area contributed by atoms with E-state index in [1.165, 1.54) is 99.8 Å². The Bertz CT molecular complexity index is 3960. The van der Waals surface area contributed by atoms with E-state index in [-0.39, 0.29) is 0 Å². The first-order valence-corrected chi connectivity index (χ1v) is 23.9. The van der Waals surface area contributed by atoms with Gasteiger partial charge in [-0.1, -0.05) is 218 Å². The largest absolute Gasteiger partial charge is 0.310 e. The molecule has 1 unspecified atom stereocenters. The molecule has 11 aromatic carbocycles. The average molecular weight is 877 g/mol. The van der Waals surface area contributed by atoms with Gasteiger partial charge in [-0.25, -0.2) is 0 Å². The average Bonchev–Trinajstić information content (AvgIpc) is 3.93. The number of para-hydroxylation sites is 3. The third-order valence-electron chi connectivity index (χ3n) is 14.8. The number of rotatable bonds is 7. The molecule has 0 fully saturated rings. The van der Waals surface area contributed by atoms with Crippen molar-refractivity contribution in [3.8, 4) is 61.3 Å². The van der Waals surface area contributed by atoms with Gasteiger partial charge < -0.3 is 9.47 Å². The van der Waals surface area contributed by atoms with Crippen molar-refractivity contribution >= 4 is 38.9 Å². The van der Waals surface area contributed by atoms with Crippen LogP contribution in [0.25, 0.3) is 83.1 Å². The molecule has 1 aliphatic heterocycles. The highest BCUT2D eigenvalue weighted by Crippen LogP contribution is 2.62. The monoisotopic (exact) mass is 876 g/mol. The lowest BCUT2D eigenvalue weighted by atomic mass is 9.65. The summed E-state index contributed by atoms with van der Waals surface area (Å²) in [5.74, 6) is 0. The molecule has 1 aromatic heterocycles. The van der Waals surface area contributed by atoms with Crippen LogP contribution < -0.4 is 4.90 Å². The van der Waals surface area contributed by atoms with Gasteiger partial charge in [-0.15, -0.1) is 0 Å². The Balaban J connectivity index is 0.956. The standard InChI is InChI=1S/C67H44N2/c1-3-18-45(19-4-1)47-38-40-48(41-39-47)50-23-14-26-53(43-50)68(52-25-13-22-49(42-52)46-20-5-2-6-21-46)54-27-15-24-51(44-54)55-30-16-34-61-65(55)58-29-7-9-32-59(58)67(61)60-33-10-12-37-64(60)69-63-36-11-8-28-56(63)57-31-17-35-62(67)66(57)69/h1-44H. The second-order valence-corrected chi connectivity index (χ2v) is 18.4. The van der Waals surface area contributed by atoms with Crippen LogP contribution in [0, 0.1) is 0 Å². The number of benzene rings is 11. The Morgan fingerprint density at radius 3 is 1.45 bits per heavy atom. The number of hydrogen-bond acceptors (Lipinski definition) is 1. The molecular weight excluding hydrogens is 833 g/mol. The molecule has 0 N–H and O–H groups in total. The summed E-state index contributed by atoms with van der Waals surface area (Å²) < 4.78 is 2.52. The van der Waals surface area contributed by atoms with Gasteiger partial charge in [-0.05, 0) is 126 Å². The summed E-state index contributed by atoms with van der Waals surface area (Å²) in [4.78, 5) is 2.42. The molecule has 1 atom stereocenters. The molecule has 2 heterocycles.